The second-order valence-electron chi connectivity index (χ2n) is 2.95. The second kappa shape index (κ2) is 3.72. The van der Waals surface area contributed by atoms with Crippen LogP contribution < -0.4 is 0 Å². The highest BCUT2D eigenvalue weighted by Crippen LogP contribution is 2.11. The first kappa shape index (κ1) is 9.70. The summed E-state index contributed by atoms with van der Waals surface area (Å²) < 4.78 is 25.4. The Labute approximate surface area is 84.2 Å². The van der Waals surface area contributed by atoms with E-state index in [-0.39, 0.29) is 0 Å². The molecule has 0 saturated heterocycles. The maximum absolute atomic E-state index is 12.2. The maximum Gasteiger partial charge on any atom is 0.258 e. The van der Waals surface area contributed by atoms with Crippen LogP contribution >= 0.6 is 0 Å². The Hall–Kier alpha value is -1.85. The molecule has 0 aliphatic heterocycles. The van der Waals surface area contributed by atoms with Crippen LogP contribution in [0.3, 0.4) is 0 Å². The summed E-state index contributed by atoms with van der Waals surface area (Å²) in [6.45, 7) is 3.06. The topological polar surface area (TPSA) is 43.6 Å². The number of hydrogen-bond acceptors (Lipinski definition) is 3. The first-order valence-corrected chi connectivity index (χ1v) is 4.31. The highest BCUT2D eigenvalue weighted by Gasteiger charge is 2.10. The lowest BCUT2D eigenvalue weighted by Gasteiger charge is -1.99. The van der Waals surface area contributed by atoms with Crippen molar-refractivity contribution in [3.8, 4) is 0 Å². The van der Waals surface area contributed by atoms with Crippen molar-refractivity contribution in [1.29, 1.82) is 0 Å². The van der Waals surface area contributed by atoms with E-state index in [1.54, 1.807) is 18.2 Å². The Bertz CT molecular complexity index is 492. The molecule has 4 nitrogen and oxygen atoms in total. The molecule has 0 bridgehead atoms. The molecular formula is C9H8F2N4. The number of aromatic nitrogens is 4. The minimum Gasteiger partial charge on any atom is -0.227 e. The fraction of sp³-hybridized carbons (Fsp3) is 0.222. The lowest BCUT2D eigenvalue weighted by atomic mass is 10.3. The molecule has 6 heteroatoms. The van der Waals surface area contributed by atoms with Crippen molar-refractivity contribution < 1.29 is 8.78 Å². The average molecular weight is 210 g/mol. The Morgan fingerprint density at radius 2 is 2.27 bits per heavy atom. The monoisotopic (exact) mass is 210 g/mol. The van der Waals surface area contributed by atoms with E-state index in [4.69, 9.17) is 0 Å². The van der Waals surface area contributed by atoms with Gasteiger partial charge < -0.3 is 0 Å². The van der Waals surface area contributed by atoms with E-state index in [9.17, 15) is 8.78 Å². The molecule has 0 spiro atoms. The van der Waals surface area contributed by atoms with Crippen LogP contribution in [0.15, 0.2) is 18.7 Å². The summed E-state index contributed by atoms with van der Waals surface area (Å²) >= 11 is 0. The zero-order chi connectivity index (χ0) is 10.8. The number of halogens is 2. The van der Waals surface area contributed by atoms with Gasteiger partial charge in [0.25, 0.3) is 6.43 Å². The molecule has 2 heterocycles. The third kappa shape index (κ3) is 1.83. The first-order chi connectivity index (χ1) is 7.20. The summed E-state index contributed by atoms with van der Waals surface area (Å²) in [5.41, 5.74) is 1.47. The van der Waals surface area contributed by atoms with Gasteiger partial charge in [0.2, 0.25) is 0 Å². The molecule has 0 atom stereocenters. The Morgan fingerprint density at radius 1 is 1.47 bits per heavy atom. The summed E-state index contributed by atoms with van der Waals surface area (Å²) in [6.07, 6.45) is -0.928. The summed E-state index contributed by atoms with van der Waals surface area (Å²) in [4.78, 5) is 4.09. The lowest BCUT2D eigenvalue weighted by molar-refractivity contribution is 0.122. The number of pyridine rings is 1. The van der Waals surface area contributed by atoms with Crippen LogP contribution in [0.5, 0.6) is 0 Å². The summed E-state index contributed by atoms with van der Waals surface area (Å²) in [5.74, 6) is 0. The Balaban J connectivity index is 2.51. The van der Waals surface area contributed by atoms with Gasteiger partial charge in [0.15, 0.2) is 5.65 Å². The van der Waals surface area contributed by atoms with Gasteiger partial charge in [-0.05, 0) is 18.2 Å². The number of rotatable bonds is 3. The molecule has 0 fully saturated rings. The normalized spacial score (nSPS) is 11.1. The fourth-order valence-electron chi connectivity index (χ4n) is 1.24. The molecule has 0 radical (unpaired) electrons. The highest BCUT2D eigenvalue weighted by atomic mass is 19.3. The van der Waals surface area contributed by atoms with Gasteiger partial charge in [-0.1, -0.05) is 11.8 Å². The van der Waals surface area contributed by atoms with Crippen LogP contribution in [-0.2, 0) is 6.54 Å². The zero-order valence-corrected chi connectivity index (χ0v) is 7.77. The molecule has 78 valence electrons. The molecular weight excluding hydrogens is 202 g/mol. The smallest absolute Gasteiger partial charge is 0.227 e. The molecule has 2 aromatic heterocycles. The van der Waals surface area contributed by atoms with Crippen molar-refractivity contribution in [3.05, 3.63) is 24.4 Å². The van der Waals surface area contributed by atoms with Gasteiger partial charge in [-0.15, -0.1) is 5.10 Å². The van der Waals surface area contributed by atoms with E-state index in [1.165, 1.54) is 0 Å². The van der Waals surface area contributed by atoms with Gasteiger partial charge in [0, 0.05) is 0 Å². The van der Waals surface area contributed by atoms with E-state index in [2.05, 4.69) is 21.9 Å². The summed E-state index contributed by atoms with van der Waals surface area (Å²) in [6, 6.07) is 3.38. The number of hydrogen-bond donors (Lipinski definition) is 0. The van der Waals surface area contributed by atoms with E-state index >= 15 is 0 Å². The van der Waals surface area contributed by atoms with E-state index in [0.717, 1.165) is 4.68 Å². The second-order valence-corrected chi connectivity index (χ2v) is 2.95. The molecule has 15 heavy (non-hydrogen) atoms. The van der Waals surface area contributed by atoms with Crippen molar-refractivity contribution in [1.82, 2.24) is 20.0 Å². The molecule has 0 amide bonds. The lowest BCUT2D eigenvalue weighted by Crippen LogP contribution is -2.08. The predicted molar refractivity (Wildman–Crippen MR) is 51.4 cm³/mol. The molecule has 2 aromatic rings. The average Bonchev–Trinajstić information content (AvgIpc) is 2.60. The van der Waals surface area contributed by atoms with Crippen LogP contribution in [0.25, 0.3) is 17.2 Å². The number of alkyl halides is 2. The molecule has 0 aromatic carbocycles. The fourth-order valence-corrected chi connectivity index (χ4v) is 1.24. The minimum atomic E-state index is -2.47. The third-order valence-corrected chi connectivity index (χ3v) is 1.90. The van der Waals surface area contributed by atoms with Crippen LogP contribution in [-0.4, -0.2) is 26.4 Å². The van der Waals surface area contributed by atoms with Crippen molar-refractivity contribution in [2.24, 2.45) is 0 Å². The van der Waals surface area contributed by atoms with Crippen LogP contribution in [0.2, 0.25) is 0 Å². The highest BCUT2D eigenvalue weighted by molar-refractivity contribution is 5.71. The van der Waals surface area contributed by atoms with Crippen LogP contribution in [0.4, 0.5) is 8.78 Å². The quantitative estimate of drug-likeness (QED) is 0.774. The molecule has 0 aliphatic rings. The molecule has 0 unspecified atom stereocenters. The van der Waals surface area contributed by atoms with E-state index < -0.39 is 13.0 Å². The van der Waals surface area contributed by atoms with Gasteiger partial charge in [0.1, 0.15) is 12.1 Å². The van der Waals surface area contributed by atoms with E-state index in [0.29, 0.717) is 16.9 Å². The summed E-state index contributed by atoms with van der Waals surface area (Å²) in [7, 11) is 0. The Morgan fingerprint density at radius 3 is 2.93 bits per heavy atom. The molecule has 0 N–H and O–H groups in total. The van der Waals surface area contributed by atoms with Crippen molar-refractivity contribution in [2.75, 3.05) is 0 Å². The maximum atomic E-state index is 12.2. The van der Waals surface area contributed by atoms with E-state index in [1.807, 2.05) is 0 Å². The Kier molecular flexibility index (Phi) is 2.40. The number of fused-ring (bicyclic) bond motifs is 1. The van der Waals surface area contributed by atoms with Crippen molar-refractivity contribution >= 4 is 17.2 Å². The summed E-state index contributed by atoms with van der Waals surface area (Å²) in [5, 5.41) is 7.33. The van der Waals surface area contributed by atoms with Gasteiger partial charge in [-0.2, -0.15) is 0 Å². The molecule has 0 saturated carbocycles. The standard InChI is InChI=1S/C9H8F2N4/c1-2-6-3-4-7-9(12-6)15(14-13-7)5-8(10)11/h2-4,8H,1,5H2. The molecule has 2 rings (SSSR count). The predicted octanol–water partition coefficient (Wildman–Crippen LogP) is 1.73. The van der Waals surface area contributed by atoms with Gasteiger partial charge in [-0.3, -0.25) is 0 Å². The van der Waals surface area contributed by atoms with Crippen LogP contribution in [0.1, 0.15) is 5.69 Å². The van der Waals surface area contributed by atoms with Gasteiger partial charge in [-0.25, -0.2) is 18.4 Å². The third-order valence-electron chi connectivity index (χ3n) is 1.90. The minimum absolute atomic E-state index is 0.354. The largest absolute Gasteiger partial charge is 0.258 e. The zero-order valence-electron chi connectivity index (χ0n) is 7.77. The van der Waals surface area contributed by atoms with Crippen LogP contribution in [0, 0.1) is 0 Å². The van der Waals surface area contributed by atoms with Gasteiger partial charge in [0.05, 0.1) is 5.69 Å². The number of nitrogens with zero attached hydrogens (tertiary/aromatic N) is 4. The first-order valence-electron chi connectivity index (χ1n) is 4.31. The SMILES string of the molecule is C=Cc1ccc2nnn(CC(F)F)c2n1. The molecule has 0 aliphatic carbocycles. The van der Waals surface area contributed by atoms with Gasteiger partial charge >= 0.3 is 0 Å². The van der Waals surface area contributed by atoms with Crippen molar-refractivity contribution in [3.63, 3.8) is 0 Å². The van der Waals surface area contributed by atoms with Crippen molar-refractivity contribution in [2.45, 2.75) is 13.0 Å².